The summed E-state index contributed by atoms with van der Waals surface area (Å²) in [4.78, 5) is 10.4. The molecule has 1 aliphatic carbocycles. The first-order valence-corrected chi connectivity index (χ1v) is 2.92. The maximum absolute atomic E-state index is 10.4. The van der Waals surface area contributed by atoms with E-state index < -0.39 is 4.33 Å². The molecule has 0 fully saturated rings. The molecule has 0 N–H and O–H groups in total. The second-order valence-corrected chi connectivity index (χ2v) is 3.09. The lowest BCUT2D eigenvalue weighted by atomic mass is 9.98. The first kappa shape index (κ1) is 6.12. The molecule has 0 radical (unpaired) electrons. The van der Waals surface area contributed by atoms with Crippen LogP contribution >= 0.6 is 23.2 Å². The summed E-state index contributed by atoms with van der Waals surface area (Å²) in [7, 11) is 0. The van der Waals surface area contributed by atoms with Gasteiger partial charge in [-0.2, -0.15) is 0 Å². The van der Waals surface area contributed by atoms with Crippen LogP contribution in [0.4, 0.5) is 0 Å². The molecule has 1 aliphatic rings. The van der Waals surface area contributed by atoms with Crippen molar-refractivity contribution in [1.29, 1.82) is 0 Å². The Hall–Kier alpha value is -0.0100. The van der Waals surface area contributed by atoms with Gasteiger partial charge in [0.05, 0.1) is 0 Å². The summed E-state index contributed by atoms with van der Waals surface area (Å²) in [5.41, 5.74) is 0.728. The van der Waals surface area contributed by atoms with Crippen LogP contribution in [-0.2, 0) is 4.79 Å². The Labute approximate surface area is 57.3 Å². The Morgan fingerprint density at radius 3 is 2.12 bits per heavy atom. The van der Waals surface area contributed by atoms with Crippen LogP contribution in [-0.4, -0.2) is 10.1 Å². The molecule has 1 nitrogen and oxygen atoms in total. The molecule has 0 heterocycles. The Morgan fingerprint density at radius 1 is 1.62 bits per heavy atom. The van der Waals surface area contributed by atoms with E-state index in [0.717, 1.165) is 5.57 Å². The van der Waals surface area contributed by atoms with E-state index in [1.165, 1.54) is 6.08 Å². The molecule has 0 aromatic rings. The van der Waals surface area contributed by atoms with Crippen molar-refractivity contribution in [1.82, 2.24) is 0 Å². The number of rotatable bonds is 0. The number of carbonyl (C=O) groups is 1. The van der Waals surface area contributed by atoms with Gasteiger partial charge in [-0.05, 0) is 18.6 Å². The number of allylic oxidation sites excluding steroid dienone is 2. The SMILES string of the molecule is CC1=CC(=O)C1(Cl)Cl. The number of ketones is 1. The first-order valence-electron chi connectivity index (χ1n) is 2.16. The average Bonchev–Trinajstić information content (AvgIpc) is 1.68. The number of hydrogen-bond donors (Lipinski definition) is 0. The second kappa shape index (κ2) is 1.49. The summed E-state index contributed by atoms with van der Waals surface area (Å²) in [6.45, 7) is 1.72. The third-order valence-corrected chi connectivity index (χ3v) is 2.12. The highest BCUT2D eigenvalue weighted by Gasteiger charge is 2.41. The van der Waals surface area contributed by atoms with Crippen molar-refractivity contribution in [2.45, 2.75) is 11.3 Å². The second-order valence-electron chi connectivity index (χ2n) is 1.77. The van der Waals surface area contributed by atoms with Crippen LogP contribution in [0.1, 0.15) is 6.92 Å². The van der Waals surface area contributed by atoms with Crippen molar-refractivity contribution in [3.63, 3.8) is 0 Å². The topological polar surface area (TPSA) is 17.1 Å². The van der Waals surface area contributed by atoms with Gasteiger partial charge in [-0.25, -0.2) is 0 Å². The maximum atomic E-state index is 10.4. The van der Waals surface area contributed by atoms with Crippen LogP contribution in [0.15, 0.2) is 11.6 Å². The van der Waals surface area contributed by atoms with E-state index >= 15 is 0 Å². The molecule has 0 unspecified atom stereocenters. The van der Waals surface area contributed by atoms with Gasteiger partial charge in [0.2, 0.25) is 4.33 Å². The number of alkyl halides is 2. The molecule has 0 spiro atoms. The zero-order valence-corrected chi connectivity index (χ0v) is 5.75. The van der Waals surface area contributed by atoms with E-state index in [9.17, 15) is 4.79 Å². The van der Waals surface area contributed by atoms with Crippen LogP contribution < -0.4 is 0 Å². The highest BCUT2D eigenvalue weighted by atomic mass is 35.5. The van der Waals surface area contributed by atoms with Gasteiger partial charge in [0.15, 0.2) is 5.78 Å². The van der Waals surface area contributed by atoms with Gasteiger partial charge in [-0.15, -0.1) is 0 Å². The van der Waals surface area contributed by atoms with Gasteiger partial charge in [0.1, 0.15) is 0 Å². The largest absolute Gasteiger partial charge is 0.291 e. The Kier molecular flexibility index (Phi) is 1.14. The maximum Gasteiger partial charge on any atom is 0.200 e. The monoisotopic (exact) mass is 150 g/mol. The quantitative estimate of drug-likeness (QED) is 0.481. The minimum Gasteiger partial charge on any atom is -0.291 e. The predicted molar refractivity (Wildman–Crippen MR) is 33.2 cm³/mol. The van der Waals surface area contributed by atoms with E-state index in [4.69, 9.17) is 23.2 Å². The van der Waals surface area contributed by atoms with Crippen LogP contribution in [0, 0.1) is 0 Å². The Morgan fingerprint density at radius 2 is 2.12 bits per heavy atom. The summed E-state index contributed by atoms with van der Waals surface area (Å²) >= 11 is 10.9. The minimum absolute atomic E-state index is 0.210. The molecule has 0 saturated heterocycles. The molecule has 8 heavy (non-hydrogen) atoms. The fourth-order valence-electron chi connectivity index (χ4n) is 0.494. The summed E-state index contributed by atoms with van der Waals surface area (Å²) in [6.07, 6.45) is 1.43. The minimum atomic E-state index is -1.19. The van der Waals surface area contributed by atoms with Crippen molar-refractivity contribution in [3.05, 3.63) is 11.6 Å². The van der Waals surface area contributed by atoms with Crippen LogP contribution in [0.2, 0.25) is 0 Å². The normalized spacial score (nSPS) is 24.4. The zero-order chi connectivity index (χ0) is 6.36. The van der Waals surface area contributed by atoms with Gasteiger partial charge in [-0.3, -0.25) is 4.79 Å². The van der Waals surface area contributed by atoms with Crippen molar-refractivity contribution < 1.29 is 4.79 Å². The lowest BCUT2D eigenvalue weighted by Gasteiger charge is -2.24. The zero-order valence-electron chi connectivity index (χ0n) is 4.24. The first-order chi connectivity index (χ1) is 3.55. The van der Waals surface area contributed by atoms with Crippen molar-refractivity contribution >= 4 is 29.0 Å². The average molecular weight is 151 g/mol. The summed E-state index contributed by atoms with van der Waals surface area (Å²) in [6, 6.07) is 0. The van der Waals surface area contributed by atoms with Crippen molar-refractivity contribution in [2.24, 2.45) is 0 Å². The highest BCUT2D eigenvalue weighted by molar-refractivity contribution is 6.64. The van der Waals surface area contributed by atoms with Gasteiger partial charge in [0, 0.05) is 0 Å². The molecule has 3 heteroatoms. The molecule has 0 saturated carbocycles. The number of hydrogen-bond acceptors (Lipinski definition) is 1. The molecule has 0 bridgehead atoms. The van der Waals surface area contributed by atoms with E-state index in [0.29, 0.717) is 0 Å². The summed E-state index contributed by atoms with van der Waals surface area (Å²) in [5, 5.41) is 0. The van der Waals surface area contributed by atoms with Crippen LogP contribution in [0.25, 0.3) is 0 Å². The van der Waals surface area contributed by atoms with Crippen LogP contribution in [0.3, 0.4) is 0 Å². The fourth-order valence-corrected chi connectivity index (χ4v) is 0.713. The molecule has 44 valence electrons. The van der Waals surface area contributed by atoms with Crippen LogP contribution in [0.5, 0.6) is 0 Å². The van der Waals surface area contributed by atoms with Gasteiger partial charge in [0.25, 0.3) is 0 Å². The third kappa shape index (κ3) is 0.583. The lowest BCUT2D eigenvalue weighted by Crippen LogP contribution is -2.34. The van der Waals surface area contributed by atoms with Crippen molar-refractivity contribution in [3.8, 4) is 0 Å². The summed E-state index contributed by atoms with van der Waals surface area (Å²) in [5.74, 6) is -0.210. The smallest absolute Gasteiger partial charge is 0.200 e. The molecule has 1 rings (SSSR count). The standard InChI is InChI=1S/C5H4Cl2O/c1-3-2-4(8)5(3,6)7/h2H,1H3. The van der Waals surface area contributed by atoms with E-state index in [1.54, 1.807) is 6.92 Å². The highest BCUT2D eigenvalue weighted by Crippen LogP contribution is 2.38. The third-order valence-electron chi connectivity index (χ3n) is 1.15. The summed E-state index contributed by atoms with van der Waals surface area (Å²) < 4.78 is -1.19. The lowest BCUT2D eigenvalue weighted by molar-refractivity contribution is -0.116. The molecular formula is C5H4Cl2O. The van der Waals surface area contributed by atoms with Gasteiger partial charge >= 0.3 is 0 Å². The molecule has 0 amide bonds. The van der Waals surface area contributed by atoms with E-state index in [-0.39, 0.29) is 5.78 Å². The molecule has 0 aromatic heterocycles. The molecule has 0 aromatic carbocycles. The molecule has 0 atom stereocenters. The molecule has 0 aliphatic heterocycles. The number of carbonyl (C=O) groups excluding carboxylic acids is 1. The number of halogens is 2. The van der Waals surface area contributed by atoms with Crippen molar-refractivity contribution in [2.75, 3.05) is 0 Å². The molecular weight excluding hydrogens is 147 g/mol. The fraction of sp³-hybridized carbons (Fsp3) is 0.400. The Balaban J connectivity index is 2.93. The van der Waals surface area contributed by atoms with E-state index in [2.05, 4.69) is 0 Å². The Bertz CT molecular complexity index is 169. The van der Waals surface area contributed by atoms with E-state index in [1.807, 2.05) is 0 Å². The predicted octanol–water partition coefficient (Wildman–Crippen LogP) is 1.69. The van der Waals surface area contributed by atoms with Gasteiger partial charge < -0.3 is 0 Å². The van der Waals surface area contributed by atoms with Gasteiger partial charge in [-0.1, -0.05) is 23.2 Å².